The second kappa shape index (κ2) is 8.97. The van der Waals surface area contributed by atoms with E-state index in [4.69, 9.17) is 4.74 Å². The Labute approximate surface area is 155 Å². The number of nitrogens with one attached hydrogen (secondary N) is 2. The lowest BCUT2D eigenvalue weighted by Gasteiger charge is -2.16. The van der Waals surface area contributed by atoms with Gasteiger partial charge in [-0.05, 0) is 43.9 Å². The Balaban J connectivity index is 1.63. The van der Waals surface area contributed by atoms with Crippen LogP contribution in [0.3, 0.4) is 0 Å². The number of carbonyl (C=O) groups excluding carboxylic acids is 1. The van der Waals surface area contributed by atoms with Crippen molar-refractivity contribution >= 4 is 15.9 Å². The van der Waals surface area contributed by atoms with Crippen molar-refractivity contribution in [2.75, 3.05) is 13.2 Å². The fraction of sp³-hybridized carbons (Fsp3) is 0.632. The monoisotopic (exact) mass is 380 g/mol. The number of rotatable bonds is 6. The summed E-state index contributed by atoms with van der Waals surface area (Å²) in [6.07, 6.45) is 8.45. The van der Waals surface area contributed by atoms with Crippen molar-refractivity contribution in [1.29, 1.82) is 0 Å². The van der Waals surface area contributed by atoms with E-state index < -0.39 is 10.0 Å². The Hall–Kier alpha value is -1.44. The minimum absolute atomic E-state index is 0.0634. The first kappa shape index (κ1) is 19.3. The zero-order valence-electron chi connectivity index (χ0n) is 15.1. The second-order valence-corrected chi connectivity index (χ2v) is 8.94. The maximum Gasteiger partial charge on any atom is 0.251 e. The quantitative estimate of drug-likeness (QED) is 0.743. The summed E-state index contributed by atoms with van der Waals surface area (Å²) >= 11 is 0. The summed E-state index contributed by atoms with van der Waals surface area (Å²) in [5, 5.41) is 3.06. The van der Waals surface area contributed by atoms with Gasteiger partial charge in [0, 0.05) is 24.8 Å². The summed E-state index contributed by atoms with van der Waals surface area (Å²) in [5.41, 5.74) is 0.384. The Morgan fingerprint density at radius 3 is 2.54 bits per heavy atom. The van der Waals surface area contributed by atoms with Crippen LogP contribution >= 0.6 is 0 Å². The highest BCUT2D eigenvalue weighted by Gasteiger charge is 2.22. The molecule has 1 heterocycles. The lowest BCUT2D eigenvalue weighted by atomic mass is 10.1. The fourth-order valence-corrected chi connectivity index (χ4v) is 4.70. The second-order valence-electron chi connectivity index (χ2n) is 7.18. The van der Waals surface area contributed by atoms with E-state index in [0.717, 1.165) is 38.5 Å². The SMILES string of the molecule is O=C(NC1CCCCCC1)c1cccc(S(=O)(=O)NC[C@@H]2CCCO2)c1. The van der Waals surface area contributed by atoms with Gasteiger partial charge in [0.25, 0.3) is 5.91 Å². The molecule has 2 N–H and O–H groups in total. The summed E-state index contributed by atoms with van der Waals surface area (Å²) in [6.45, 7) is 0.948. The molecule has 1 aromatic carbocycles. The maximum atomic E-state index is 12.5. The summed E-state index contributed by atoms with van der Waals surface area (Å²) in [5.74, 6) is -0.201. The molecule has 1 atom stereocenters. The normalized spacial score (nSPS) is 22.1. The van der Waals surface area contributed by atoms with Gasteiger partial charge in [0.1, 0.15) is 0 Å². The average molecular weight is 381 g/mol. The molecular weight excluding hydrogens is 352 g/mol. The molecule has 0 radical (unpaired) electrons. The van der Waals surface area contributed by atoms with Crippen molar-refractivity contribution in [2.24, 2.45) is 0 Å². The minimum Gasteiger partial charge on any atom is -0.377 e. The third-order valence-corrected chi connectivity index (χ3v) is 6.54. The minimum atomic E-state index is -3.65. The predicted molar refractivity (Wildman–Crippen MR) is 99.6 cm³/mol. The Kier molecular flexibility index (Phi) is 6.67. The van der Waals surface area contributed by atoms with Crippen LogP contribution in [0.15, 0.2) is 29.2 Å². The summed E-state index contributed by atoms with van der Waals surface area (Å²) in [4.78, 5) is 12.6. The zero-order chi connectivity index (χ0) is 18.4. The average Bonchev–Trinajstić information content (AvgIpc) is 3.04. The highest BCUT2D eigenvalue weighted by molar-refractivity contribution is 7.89. The molecule has 1 amide bonds. The molecule has 144 valence electrons. The summed E-state index contributed by atoms with van der Waals surface area (Å²) in [6, 6.07) is 6.42. The standard InChI is InChI=1S/C19H28N2O4S/c22-19(21-16-8-3-1-2-4-9-16)15-7-5-11-18(13-15)26(23,24)20-14-17-10-6-12-25-17/h5,7,11,13,16-17,20H,1-4,6,8-10,12,14H2,(H,21,22)/t17-/m0/s1. The van der Waals surface area contributed by atoms with Gasteiger partial charge in [0.2, 0.25) is 10.0 Å². The Morgan fingerprint density at radius 1 is 1.08 bits per heavy atom. The van der Waals surface area contributed by atoms with E-state index in [1.54, 1.807) is 12.1 Å². The molecule has 3 rings (SSSR count). The molecule has 2 fully saturated rings. The van der Waals surface area contributed by atoms with Crippen molar-refractivity contribution in [1.82, 2.24) is 10.0 Å². The molecule has 1 aliphatic heterocycles. The number of carbonyl (C=O) groups is 1. The number of amides is 1. The molecule has 1 saturated carbocycles. The van der Waals surface area contributed by atoms with E-state index in [1.165, 1.54) is 25.0 Å². The van der Waals surface area contributed by atoms with Crippen molar-refractivity contribution in [2.45, 2.75) is 68.4 Å². The Bertz CT molecular complexity index is 706. The van der Waals surface area contributed by atoms with Gasteiger partial charge in [-0.1, -0.05) is 31.7 Å². The van der Waals surface area contributed by atoms with Gasteiger partial charge >= 0.3 is 0 Å². The van der Waals surface area contributed by atoms with Crippen molar-refractivity contribution < 1.29 is 17.9 Å². The number of ether oxygens (including phenoxy) is 1. The lowest BCUT2D eigenvalue weighted by Crippen LogP contribution is -2.35. The summed E-state index contributed by atoms with van der Waals surface area (Å²) in [7, 11) is -3.65. The van der Waals surface area contributed by atoms with Crippen LogP contribution in [-0.2, 0) is 14.8 Å². The number of hydrogen-bond acceptors (Lipinski definition) is 4. The van der Waals surface area contributed by atoms with Gasteiger partial charge in [-0.25, -0.2) is 13.1 Å². The van der Waals surface area contributed by atoms with Crippen molar-refractivity contribution in [3.8, 4) is 0 Å². The molecule has 26 heavy (non-hydrogen) atoms. The van der Waals surface area contributed by atoms with Crippen molar-refractivity contribution in [3.05, 3.63) is 29.8 Å². The molecule has 0 bridgehead atoms. The van der Waals surface area contributed by atoms with E-state index in [2.05, 4.69) is 10.0 Å². The number of sulfonamides is 1. The van der Waals surface area contributed by atoms with Gasteiger partial charge < -0.3 is 10.1 Å². The van der Waals surface area contributed by atoms with Crippen LogP contribution in [0, 0.1) is 0 Å². The van der Waals surface area contributed by atoms with Crippen LogP contribution in [-0.4, -0.2) is 39.6 Å². The van der Waals surface area contributed by atoms with Crippen LogP contribution in [0.2, 0.25) is 0 Å². The molecule has 2 aliphatic rings. The first-order valence-corrected chi connectivity index (χ1v) is 11.0. The molecule has 7 heteroatoms. The molecule has 1 aliphatic carbocycles. The van der Waals surface area contributed by atoms with E-state index >= 15 is 0 Å². The van der Waals surface area contributed by atoms with E-state index in [9.17, 15) is 13.2 Å². The fourth-order valence-electron chi connectivity index (χ4n) is 3.59. The van der Waals surface area contributed by atoms with Gasteiger partial charge in [0.05, 0.1) is 11.0 Å². The predicted octanol–water partition coefficient (Wildman–Crippen LogP) is 2.60. The topological polar surface area (TPSA) is 84.5 Å². The maximum absolute atomic E-state index is 12.5. The third kappa shape index (κ3) is 5.28. The van der Waals surface area contributed by atoms with Crippen molar-refractivity contribution in [3.63, 3.8) is 0 Å². The lowest BCUT2D eigenvalue weighted by molar-refractivity contribution is 0.0933. The highest BCUT2D eigenvalue weighted by atomic mass is 32.2. The third-order valence-electron chi connectivity index (χ3n) is 5.12. The molecule has 1 saturated heterocycles. The first-order chi connectivity index (χ1) is 12.5. The smallest absolute Gasteiger partial charge is 0.251 e. The zero-order valence-corrected chi connectivity index (χ0v) is 15.9. The van der Waals surface area contributed by atoms with E-state index in [1.807, 2.05) is 0 Å². The van der Waals surface area contributed by atoms with Crippen LogP contribution in [0.4, 0.5) is 0 Å². The molecule has 0 spiro atoms. The Morgan fingerprint density at radius 2 is 1.85 bits per heavy atom. The largest absolute Gasteiger partial charge is 0.377 e. The highest BCUT2D eigenvalue weighted by Crippen LogP contribution is 2.18. The van der Waals surface area contributed by atoms with Crippen LogP contribution in [0.1, 0.15) is 61.7 Å². The van der Waals surface area contributed by atoms with Gasteiger partial charge in [-0.3, -0.25) is 4.79 Å². The number of hydrogen-bond donors (Lipinski definition) is 2. The van der Waals surface area contributed by atoms with Crippen LogP contribution < -0.4 is 10.0 Å². The van der Waals surface area contributed by atoms with Gasteiger partial charge in [-0.2, -0.15) is 0 Å². The van der Waals surface area contributed by atoms with Crippen LogP contribution in [0.25, 0.3) is 0 Å². The molecule has 0 aromatic heterocycles. The molecular formula is C19H28N2O4S. The molecule has 6 nitrogen and oxygen atoms in total. The van der Waals surface area contributed by atoms with E-state index in [0.29, 0.717) is 12.2 Å². The van der Waals surface area contributed by atoms with Crippen LogP contribution in [0.5, 0.6) is 0 Å². The van der Waals surface area contributed by atoms with E-state index in [-0.39, 0.29) is 29.5 Å². The molecule has 0 unspecified atom stereocenters. The molecule has 1 aromatic rings. The van der Waals surface area contributed by atoms with Gasteiger partial charge in [-0.15, -0.1) is 0 Å². The number of benzene rings is 1. The summed E-state index contributed by atoms with van der Waals surface area (Å²) < 4.78 is 33.0. The first-order valence-electron chi connectivity index (χ1n) is 9.57. The van der Waals surface area contributed by atoms with Gasteiger partial charge in [0.15, 0.2) is 0 Å².